The van der Waals surface area contributed by atoms with Gasteiger partial charge < -0.3 is 25.2 Å². The third-order valence-corrected chi connectivity index (χ3v) is 11.9. The molecule has 15 nitrogen and oxygen atoms in total. The Balaban J connectivity index is 1.37. The number of aryl methyl sites for hydroxylation is 3. The standard InChI is InChI=1S/C39H46N8O7S/c1-7-29-23-46(55(51,52)33-12-10-9-11-32(33)54-29)22-27-19-26(14-13-24(27)3)34(30-15-16-31-35(25(30)4)44-45-47(31)8-2)39(5,6)36(48)43-28-20-41-37(42-21-28)53-18-17-40-38(49)50/h9-16,19-21,29,34,40H,7-8,17-18,22-23H2,1-6H3,(H,43,48)(H,49,50)/t29-,34+/m1/s1. The second-order valence-electron chi connectivity index (χ2n) is 14.1. The Labute approximate surface area is 320 Å². The van der Waals surface area contributed by atoms with Crippen LogP contribution in [0.2, 0.25) is 0 Å². The van der Waals surface area contributed by atoms with Gasteiger partial charge in [-0.15, -0.1) is 5.10 Å². The first kappa shape index (κ1) is 39.1. The molecule has 0 saturated heterocycles. The monoisotopic (exact) mass is 770 g/mol. The number of carbonyl (C=O) groups is 2. The predicted molar refractivity (Wildman–Crippen MR) is 206 cm³/mol. The van der Waals surface area contributed by atoms with E-state index in [2.05, 4.69) is 30.9 Å². The van der Waals surface area contributed by atoms with E-state index in [0.29, 0.717) is 24.4 Å². The van der Waals surface area contributed by atoms with Gasteiger partial charge >= 0.3 is 12.1 Å². The van der Waals surface area contributed by atoms with Gasteiger partial charge in [0.2, 0.25) is 15.9 Å². The summed E-state index contributed by atoms with van der Waals surface area (Å²) < 4.78 is 43.1. The molecule has 1 aliphatic rings. The number of anilines is 1. The summed E-state index contributed by atoms with van der Waals surface area (Å²) in [5, 5.41) is 22.8. The van der Waals surface area contributed by atoms with Gasteiger partial charge in [0.15, 0.2) is 0 Å². The van der Waals surface area contributed by atoms with Crippen LogP contribution in [-0.4, -0.2) is 80.6 Å². The Morgan fingerprint density at radius 2 is 1.82 bits per heavy atom. The molecule has 0 fully saturated rings. The number of sulfonamides is 1. The Kier molecular flexibility index (Phi) is 11.4. The fourth-order valence-electron chi connectivity index (χ4n) is 6.93. The molecule has 0 unspecified atom stereocenters. The molecule has 3 N–H and O–H groups in total. The Morgan fingerprint density at radius 1 is 1.07 bits per heavy atom. The van der Waals surface area contributed by atoms with Crippen molar-refractivity contribution in [2.24, 2.45) is 5.41 Å². The number of aromatic nitrogens is 5. The van der Waals surface area contributed by atoms with Gasteiger partial charge in [-0.2, -0.15) is 4.31 Å². The molecule has 1 aliphatic heterocycles. The first-order valence-electron chi connectivity index (χ1n) is 18.2. The maximum atomic E-state index is 14.4. The molecule has 2 atom stereocenters. The van der Waals surface area contributed by atoms with E-state index in [0.717, 1.165) is 38.9 Å². The number of benzene rings is 3. The summed E-state index contributed by atoms with van der Waals surface area (Å²) in [5.41, 5.74) is 5.13. The maximum Gasteiger partial charge on any atom is 0.404 e. The average molecular weight is 771 g/mol. The van der Waals surface area contributed by atoms with Gasteiger partial charge in [-0.1, -0.05) is 62.4 Å². The molecular weight excluding hydrogens is 725 g/mol. The van der Waals surface area contributed by atoms with Gasteiger partial charge in [0.25, 0.3) is 0 Å². The molecule has 3 aromatic carbocycles. The number of nitrogens with zero attached hydrogens (tertiary/aromatic N) is 6. The van der Waals surface area contributed by atoms with Gasteiger partial charge in [-0.05, 0) is 73.2 Å². The van der Waals surface area contributed by atoms with Crippen molar-refractivity contribution in [3.05, 3.63) is 94.8 Å². The van der Waals surface area contributed by atoms with Crippen LogP contribution in [0.3, 0.4) is 0 Å². The van der Waals surface area contributed by atoms with Gasteiger partial charge in [0.05, 0.1) is 42.1 Å². The van der Waals surface area contributed by atoms with Crippen molar-refractivity contribution in [3.8, 4) is 11.8 Å². The van der Waals surface area contributed by atoms with E-state index in [1.165, 1.54) is 16.7 Å². The summed E-state index contributed by atoms with van der Waals surface area (Å²) in [5.74, 6) is -0.489. The topological polar surface area (TPSA) is 191 Å². The van der Waals surface area contributed by atoms with Crippen LogP contribution in [0.25, 0.3) is 11.0 Å². The minimum Gasteiger partial charge on any atom is -0.488 e. The molecule has 0 saturated carbocycles. The minimum absolute atomic E-state index is 0.0327. The molecule has 2 aromatic heterocycles. The number of hydrogen-bond acceptors (Lipinski definition) is 10. The highest BCUT2D eigenvalue weighted by atomic mass is 32.2. The second kappa shape index (κ2) is 16.0. The summed E-state index contributed by atoms with van der Waals surface area (Å²) in [6.07, 6.45) is 1.98. The average Bonchev–Trinajstić information content (AvgIpc) is 3.55. The smallest absolute Gasteiger partial charge is 0.404 e. The van der Waals surface area contributed by atoms with Crippen LogP contribution in [0.4, 0.5) is 10.5 Å². The molecule has 290 valence electrons. The number of hydrogen-bond donors (Lipinski definition) is 3. The number of amides is 2. The predicted octanol–water partition coefficient (Wildman–Crippen LogP) is 5.66. The molecule has 3 heterocycles. The molecule has 55 heavy (non-hydrogen) atoms. The zero-order valence-corrected chi connectivity index (χ0v) is 32.6. The van der Waals surface area contributed by atoms with Crippen molar-refractivity contribution in [1.29, 1.82) is 0 Å². The highest BCUT2D eigenvalue weighted by Gasteiger charge is 2.41. The van der Waals surface area contributed by atoms with Crippen LogP contribution in [0.5, 0.6) is 11.8 Å². The lowest BCUT2D eigenvalue weighted by Crippen LogP contribution is -2.38. The SMILES string of the molecule is CC[C@@H]1CN(Cc2cc([C@@H](c3ccc4c(nnn4CC)c3C)C(C)(C)C(=O)Nc3cnc(OCCNC(=O)O)nc3)ccc2C)S(=O)(=O)c2ccccc2O1. The van der Waals surface area contributed by atoms with Gasteiger partial charge in [-0.3, -0.25) is 4.79 Å². The number of carboxylic acid groups (broad SMARTS) is 1. The third-order valence-electron chi connectivity index (χ3n) is 10.1. The quantitative estimate of drug-likeness (QED) is 0.125. The Hall–Kier alpha value is -5.61. The Bertz CT molecular complexity index is 2310. The number of nitrogens with one attached hydrogen (secondary N) is 2. The molecule has 0 spiro atoms. The van der Waals surface area contributed by atoms with Gasteiger partial charge in [0.1, 0.15) is 28.9 Å². The Morgan fingerprint density at radius 3 is 2.53 bits per heavy atom. The van der Waals surface area contributed by atoms with E-state index in [1.807, 2.05) is 76.6 Å². The zero-order chi connectivity index (χ0) is 39.5. The van der Waals surface area contributed by atoms with Crippen molar-refractivity contribution < 1.29 is 32.6 Å². The number of ether oxygens (including phenoxy) is 2. The maximum absolute atomic E-state index is 14.4. The van der Waals surface area contributed by atoms with Crippen molar-refractivity contribution in [1.82, 2.24) is 34.6 Å². The normalized spacial score (nSPS) is 16.1. The van der Waals surface area contributed by atoms with Crippen LogP contribution in [0.15, 0.2) is 71.9 Å². The van der Waals surface area contributed by atoms with Gasteiger partial charge in [0, 0.05) is 19.0 Å². The first-order valence-corrected chi connectivity index (χ1v) is 19.6. The van der Waals surface area contributed by atoms with Gasteiger partial charge in [-0.25, -0.2) is 27.9 Å². The molecule has 0 bridgehead atoms. The van der Waals surface area contributed by atoms with E-state index in [9.17, 15) is 18.0 Å². The molecule has 16 heteroatoms. The molecule has 0 aliphatic carbocycles. The molecule has 2 amide bonds. The molecule has 6 rings (SSSR count). The molecular formula is C39H46N8O7S. The number of fused-ring (bicyclic) bond motifs is 2. The van der Waals surface area contributed by atoms with Crippen molar-refractivity contribution in [2.45, 2.75) is 78.0 Å². The summed E-state index contributed by atoms with van der Waals surface area (Å²) in [4.78, 5) is 33.6. The van der Waals surface area contributed by atoms with Crippen LogP contribution in [0.1, 0.15) is 67.9 Å². The van der Waals surface area contributed by atoms with Crippen molar-refractivity contribution >= 4 is 38.7 Å². The number of para-hydroxylation sites is 1. The highest BCUT2D eigenvalue weighted by Crippen LogP contribution is 2.45. The summed E-state index contributed by atoms with van der Waals surface area (Å²) in [7, 11) is -3.90. The first-order chi connectivity index (χ1) is 26.2. The van der Waals surface area contributed by atoms with Crippen LogP contribution in [0, 0.1) is 19.3 Å². The summed E-state index contributed by atoms with van der Waals surface area (Å²) in [6, 6.07) is 16.7. The van der Waals surface area contributed by atoms with Crippen LogP contribution >= 0.6 is 0 Å². The second-order valence-corrected chi connectivity index (χ2v) is 16.0. The lowest BCUT2D eigenvalue weighted by molar-refractivity contribution is -0.124. The molecule has 0 radical (unpaired) electrons. The third kappa shape index (κ3) is 8.10. The summed E-state index contributed by atoms with van der Waals surface area (Å²) >= 11 is 0. The van der Waals surface area contributed by atoms with E-state index >= 15 is 0 Å². The van der Waals surface area contributed by atoms with E-state index in [-0.39, 0.29) is 49.2 Å². The number of rotatable bonds is 13. The fourth-order valence-corrected chi connectivity index (χ4v) is 8.50. The summed E-state index contributed by atoms with van der Waals surface area (Å²) in [6.45, 7) is 12.7. The largest absolute Gasteiger partial charge is 0.488 e. The minimum atomic E-state index is -3.90. The van der Waals surface area contributed by atoms with Crippen molar-refractivity contribution in [2.75, 3.05) is 25.0 Å². The fraction of sp³-hybridized carbons (Fsp3) is 0.385. The van der Waals surface area contributed by atoms with Crippen molar-refractivity contribution in [3.63, 3.8) is 0 Å². The van der Waals surface area contributed by atoms with E-state index in [1.54, 1.807) is 24.3 Å². The van der Waals surface area contributed by atoms with E-state index < -0.39 is 27.4 Å². The van der Waals surface area contributed by atoms with Crippen LogP contribution in [-0.2, 0) is 27.9 Å². The highest BCUT2D eigenvalue weighted by molar-refractivity contribution is 7.89. The van der Waals surface area contributed by atoms with Crippen LogP contribution < -0.4 is 20.1 Å². The molecule has 5 aromatic rings. The lowest BCUT2D eigenvalue weighted by Gasteiger charge is -2.35. The van der Waals surface area contributed by atoms with E-state index in [4.69, 9.17) is 14.6 Å². The zero-order valence-electron chi connectivity index (χ0n) is 31.7. The number of carbonyl (C=O) groups excluding carboxylic acids is 1. The lowest BCUT2D eigenvalue weighted by atomic mass is 9.69.